The lowest BCUT2D eigenvalue weighted by molar-refractivity contribution is -0.117. The van der Waals surface area contributed by atoms with Gasteiger partial charge in [-0.05, 0) is 60.7 Å². The van der Waals surface area contributed by atoms with Crippen molar-refractivity contribution in [2.75, 3.05) is 24.5 Å². The highest BCUT2D eigenvalue weighted by molar-refractivity contribution is 6.12. The van der Waals surface area contributed by atoms with Crippen molar-refractivity contribution in [3.63, 3.8) is 0 Å². The van der Waals surface area contributed by atoms with Crippen molar-refractivity contribution in [1.82, 2.24) is 10.2 Å². The van der Waals surface area contributed by atoms with E-state index in [1.54, 1.807) is 36.4 Å². The van der Waals surface area contributed by atoms with E-state index in [1.165, 1.54) is 4.90 Å². The Kier molecular flexibility index (Phi) is 5.22. The molecule has 8 nitrogen and oxygen atoms in total. The van der Waals surface area contributed by atoms with Gasteiger partial charge in [-0.25, -0.2) is 9.59 Å². The molecule has 8 heteroatoms. The molecule has 1 atom stereocenters. The zero-order valence-corrected chi connectivity index (χ0v) is 16.2. The molecular weight excluding hydrogens is 386 g/mol. The predicted molar refractivity (Wildman–Crippen MR) is 108 cm³/mol. The Bertz CT molecular complexity index is 1000. The summed E-state index contributed by atoms with van der Waals surface area (Å²) in [6, 6.07) is 13.1. The van der Waals surface area contributed by atoms with Crippen molar-refractivity contribution in [2.45, 2.75) is 12.8 Å². The van der Waals surface area contributed by atoms with Gasteiger partial charge in [-0.3, -0.25) is 19.8 Å². The molecule has 2 aliphatic rings. The Morgan fingerprint density at radius 1 is 1.00 bits per heavy atom. The number of carboxylic acid groups (broad SMARTS) is 1. The Labute approximate surface area is 173 Å². The van der Waals surface area contributed by atoms with Crippen LogP contribution in [0.2, 0.25) is 0 Å². The Morgan fingerprint density at radius 2 is 1.67 bits per heavy atom. The highest BCUT2D eigenvalue weighted by Gasteiger charge is 2.29. The summed E-state index contributed by atoms with van der Waals surface area (Å²) in [5.74, 6) is -1.03. The highest BCUT2D eigenvalue weighted by Crippen LogP contribution is 2.24. The van der Waals surface area contributed by atoms with Crippen LogP contribution in [0.4, 0.5) is 10.5 Å². The van der Waals surface area contributed by atoms with Gasteiger partial charge in [0.05, 0.1) is 5.56 Å². The highest BCUT2D eigenvalue weighted by atomic mass is 16.4. The predicted octanol–water partition coefficient (Wildman–Crippen LogP) is 2.15. The summed E-state index contributed by atoms with van der Waals surface area (Å²) in [6.07, 6.45) is 1.68. The monoisotopic (exact) mass is 407 g/mol. The van der Waals surface area contributed by atoms with E-state index in [1.807, 2.05) is 17.0 Å². The molecule has 0 saturated carbocycles. The second kappa shape index (κ2) is 7.98. The molecular formula is C22H21N3O5. The number of benzene rings is 2. The molecule has 2 aromatic rings. The summed E-state index contributed by atoms with van der Waals surface area (Å²) in [5.41, 5.74) is 2.43. The average molecular weight is 407 g/mol. The number of nitrogens with one attached hydrogen (secondary N) is 1. The molecule has 2 saturated heterocycles. The van der Waals surface area contributed by atoms with Crippen LogP contribution in [-0.4, -0.2) is 53.5 Å². The quantitative estimate of drug-likeness (QED) is 0.739. The van der Waals surface area contributed by atoms with E-state index in [0.29, 0.717) is 30.3 Å². The molecule has 4 amide bonds. The first kappa shape index (κ1) is 19.6. The minimum atomic E-state index is -0.942. The van der Waals surface area contributed by atoms with Crippen LogP contribution in [0.15, 0.2) is 48.5 Å². The summed E-state index contributed by atoms with van der Waals surface area (Å²) >= 11 is 0. The fourth-order valence-corrected chi connectivity index (χ4v) is 3.92. The van der Waals surface area contributed by atoms with Gasteiger partial charge in [0.25, 0.3) is 5.91 Å². The number of hydrogen-bond acceptors (Lipinski definition) is 4. The third-order valence-electron chi connectivity index (χ3n) is 5.52. The van der Waals surface area contributed by atoms with Crippen molar-refractivity contribution < 1.29 is 24.3 Å². The number of urea groups is 1. The Hall–Kier alpha value is -3.68. The average Bonchev–Trinajstić information content (AvgIpc) is 3.34. The fraction of sp³-hybridized carbons (Fsp3) is 0.273. The van der Waals surface area contributed by atoms with Crippen molar-refractivity contribution in [3.8, 4) is 0 Å². The van der Waals surface area contributed by atoms with E-state index in [4.69, 9.17) is 5.11 Å². The lowest BCUT2D eigenvalue weighted by Crippen LogP contribution is -2.29. The van der Waals surface area contributed by atoms with Crippen LogP contribution in [0.25, 0.3) is 0 Å². The minimum Gasteiger partial charge on any atom is -0.478 e. The van der Waals surface area contributed by atoms with E-state index in [9.17, 15) is 19.2 Å². The maximum atomic E-state index is 12.8. The van der Waals surface area contributed by atoms with Crippen LogP contribution < -0.4 is 10.2 Å². The molecule has 1 unspecified atom stereocenters. The van der Waals surface area contributed by atoms with Crippen LogP contribution in [-0.2, 0) is 11.2 Å². The molecule has 0 spiro atoms. The first-order chi connectivity index (χ1) is 14.4. The number of imide groups is 1. The number of carbonyl (C=O) groups is 4. The molecule has 2 fully saturated rings. The second-order valence-corrected chi connectivity index (χ2v) is 7.60. The first-order valence-corrected chi connectivity index (χ1v) is 9.73. The summed E-state index contributed by atoms with van der Waals surface area (Å²) < 4.78 is 0. The number of anilines is 1. The van der Waals surface area contributed by atoms with Gasteiger partial charge in [-0.1, -0.05) is 12.1 Å². The fourth-order valence-electron chi connectivity index (χ4n) is 3.92. The molecule has 0 aliphatic carbocycles. The number of hydrogen-bond donors (Lipinski definition) is 2. The summed E-state index contributed by atoms with van der Waals surface area (Å²) in [4.78, 5) is 50.0. The smallest absolute Gasteiger partial charge is 0.335 e. The SMILES string of the molecule is O=C1CN(c2ccc(C(=O)N3CCC(Cc4ccc(C(=O)O)cc4)C3)cc2)C(=O)N1. The van der Waals surface area contributed by atoms with E-state index in [-0.39, 0.29) is 23.9 Å². The van der Waals surface area contributed by atoms with Gasteiger partial charge in [0.15, 0.2) is 0 Å². The molecule has 30 heavy (non-hydrogen) atoms. The lowest BCUT2D eigenvalue weighted by atomic mass is 9.98. The van der Waals surface area contributed by atoms with Crippen LogP contribution >= 0.6 is 0 Å². The molecule has 2 N–H and O–H groups in total. The maximum absolute atomic E-state index is 12.8. The lowest BCUT2D eigenvalue weighted by Gasteiger charge is -2.18. The van der Waals surface area contributed by atoms with Crippen molar-refractivity contribution in [3.05, 3.63) is 65.2 Å². The topological polar surface area (TPSA) is 107 Å². The minimum absolute atomic E-state index is 0.0205. The van der Waals surface area contributed by atoms with Gasteiger partial charge in [0.1, 0.15) is 6.54 Å². The van der Waals surface area contributed by atoms with Crippen molar-refractivity contribution in [1.29, 1.82) is 0 Å². The van der Waals surface area contributed by atoms with Crippen LogP contribution in [0.1, 0.15) is 32.7 Å². The normalized spacial score (nSPS) is 18.6. The zero-order chi connectivity index (χ0) is 21.3. The summed E-state index contributed by atoms with van der Waals surface area (Å²) in [6.45, 7) is 1.29. The third-order valence-corrected chi connectivity index (χ3v) is 5.52. The van der Waals surface area contributed by atoms with Gasteiger partial charge in [0.2, 0.25) is 5.91 Å². The van der Waals surface area contributed by atoms with Crippen LogP contribution in [0.5, 0.6) is 0 Å². The van der Waals surface area contributed by atoms with Crippen molar-refractivity contribution in [2.24, 2.45) is 5.92 Å². The summed E-state index contributed by atoms with van der Waals surface area (Å²) in [7, 11) is 0. The van der Waals surface area contributed by atoms with Gasteiger partial charge in [-0.2, -0.15) is 0 Å². The molecule has 2 aliphatic heterocycles. The molecule has 4 rings (SSSR count). The molecule has 2 aromatic carbocycles. The molecule has 0 bridgehead atoms. The number of likely N-dealkylation sites (tertiary alicyclic amines) is 1. The van der Waals surface area contributed by atoms with E-state index < -0.39 is 12.0 Å². The van der Waals surface area contributed by atoms with Crippen molar-refractivity contribution >= 4 is 29.5 Å². The zero-order valence-electron chi connectivity index (χ0n) is 16.2. The van der Waals surface area contributed by atoms with E-state index in [0.717, 1.165) is 18.4 Å². The van der Waals surface area contributed by atoms with E-state index >= 15 is 0 Å². The third kappa shape index (κ3) is 4.03. The maximum Gasteiger partial charge on any atom is 0.335 e. The number of amides is 4. The van der Waals surface area contributed by atoms with Gasteiger partial charge in [0, 0.05) is 24.3 Å². The first-order valence-electron chi connectivity index (χ1n) is 9.73. The van der Waals surface area contributed by atoms with Crippen LogP contribution in [0.3, 0.4) is 0 Å². The molecule has 0 radical (unpaired) electrons. The molecule has 2 heterocycles. The number of nitrogens with zero attached hydrogens (tertiary/aromatic N) is 2. The van der Waals surface area contributed by atoms with Gasteiger partial charge in [-0.15, -0.1) is 0 Å². The Morgan fingerprint density at radius 3 is 2.27 bits per heavy atom. The largest absolute Gasteiger partial charge is 0.478 e. The number of carbonyl (C=O) groups excluding carboxylic acids is 3. The summed E-state index contributed by atoms with van der Waals surface area (Å²) in [5, 5.41) is 11.2. The molecule has 154 valence electrons. The van der Waals surface area contributed by atoms with Gasteiger partial charge < -0.3 is 10.0 Å². The number of carboxylic acids is 1. The molecule has 0 aromatic heterocycles. The number of rotatable bonds is 5. The Balaban J connectivity index is 1.36. The van der Waals surface area contributed by atoms with Gasteiger partial charge >= 0.3 is 12.0 Å². The van der Waals surface area contributed by atoms with E-state index in [2.05, 4.69) is 5.32 Å². The number of aromatic carboxylic acids is 1. The van der Waals surface area contributed by atoms with Crippen LogP contribution in [0, 0.1) is 5.92 Å². The second-order valence-electron chi connectivity index (χ2n) is 7.60. The standard InChI is InChI=1S/C22H21N3O5/c26-19-13-25(22(30)23-19)18-7-5-16(6-8-18)20(27)24-10-9-15(12-24)11-14-1-3-17(4-2-14)21(28)29/h1-8,15H,9-13H2,(H,28,29)(H,23,26,30).